The van der Waals surface area contributed by atoms with Crippen LogP contribution in [0.3, 0.4) is 0 Å². The standard InChI is InChI=1S/C16H22N2O6/c1-4-23-14-6-5-12(9-13(14)18(21)22)16(20)24-10-15(19)17-8-7-11(2)3/h5-6,9,11H,4,7-8,10H2,1-3H3,(H,17,19). The van der Waals surface area contributed by atoms with Crippen molar-refractivity contribution in [2.45, 2.75) is 27.2 Å². The van der Waals surface area contributed by atoms with Gasteiger partial charge in [-0.05, 0) is 31.4 Å². The van der Waals surface area contributed by atoms with Crippen LogP contribution in [0.5, 0.6) is 5.75 Å². The third kappa shape index (κ3) is 6.23. The average Bonchev–Trinajstić information content (AvgIpc) is 2.52. The van der Waals surface area contributed by atoms with Gasteiger partial charge in [0, 0.05) is 12.6 Å². The van der Waals surface area contributed by atoms with Crippen molar-refractivity contribution in [2.24, 2.45) is 5.92 Å². The number of hydrogen-bond acceptors (Lipinski definition) is 6. The number of nitrogens with zero attached hydrogens (tertiary/aromatic N) is 1. The van der Waals surface area contributed by atoms with Crippen molar-refractivity contribution < 1.29 is 24.0 Å². The Morgan fingerprint density at radius 3 is 2.62 bits per heavy atom. The molecule has 1 amide bonds. The third-order valence-corrected chi connectivity index (χ3v) is 3.07. The van der Waals surface area contributed by atoms with Crippen molar-refractivity contribution in [2.75, 3.05) is 19.8 Å². The zero-order chi connectivity index (χ0) is 18.1. The molecule has 1 N–H and O–H groups in total. The van der Waals surface area contributed by atoms with Crippen LogP contribution in [0, 0.1) is 16.0 Å². The van der Waals surface area contributed by atoms with E-state index in [9.17, 15) is 19.7 Å². The molecule has 0 unspecified atom stereocenters. The first-order valence-electron chi connectivity index (χ1n) is 7.70. The molecule has 0 atom stereocenters. The fourth-order valence-electron chi connectivity index (χ4n) is 1.83. The van der Waals surface area contributed by atoms with Gasteiger partial charge in [0.2, 0.25) is 0 Å². The van der Waals surface area contributed by atoms with Crippen molar-refractivity contribution >= 4 is 17.6 Å². The monoisotopic (exact) mass is 338 g/mol. The van der Waals surface area contributed by atoms with E-state index in [1.807, 2.05) is 13.8 Å². The number of carbonyl (C=O) groups excluding carboxylic acids is 2. The number of nitro benzene ring substituents is 1. The Hall–Kier alpha value is -2.64. The predicted molar refractivity (Wildman–Crippen MR) is 87.0 cm³/mol. The molecule has 1 aromatic rings. The largest absolute Gasteiger partial charge is 0.487 e. The van der Waals surface area contributed by atoms with Gasteiger partial charge in [-0.2, -0.15) is 0 Å². The summed E-state index contributed by atoms with van der Waals surface area (Å²) in [6.07, 6.45) is 0.824. The van der Waals surface area contributed by atoms with Crippen LogP contribution in [0.15, 0.2) is 18.2 Å². The summed E-state index contributed by atoms with van der Waals surface area (Å²) in [5, 5.41) is 13.7. The topological polar surface area (TPSA) is 108 Å². The minimum absolute atomic E-state index is 0.0138. The van der Waals surface area contributed by atoms with E-state index in [-0.39, 0.29) is 23.6 Å². The Kier molecular flexibility index (Phi) is 7.67. The first-order valence-corrected chi connectivity index (χ1v) is 7.70. The van der Waals surface area contributed by atoms with E-state index in [4.69, 9.17) is 9.47 Å². The van der Waals surface area contributed by atoms with Crippen molar-refractivity contribution in [3.05, 3.63) is 33.9 Å². The summed E-state index contributed by atoms with van der Waals surface area (Å²) in [6.45, 7) is 6.10. The van der Waals surface area contributed by atoms with E-state index in [1.165, 1.54) is 12.1 Å². The molecule has 1 rings (SSSR count). The molecule has 132 valence electrons. The summed E-state index contributed by atoms with van der Waals surface area (Å²) in [7, 11) is 0. The van der Waals surface area contributed by atoms with Crippen LogP contribution in [-0.2, 0) is 9.53 Å². The number of nitro groups is 1. The zero-order valence-corrected chi connectivity index (χ0v) is 14.0. The predicted octanol–water partition coefficient (Wildman–Crippen LogP) is 2.31. The first-order chi connectivity index (χ1) is 11.3. The summed E-state index contributed by atoms with van der Waals surface area (Å²) >= 11 is 0. The molecule has 8 heteroatoms. The lowest BCUT2D eigenvalue weighted by molar-refractivity contribution is -0.385. The van der Waals surface area contributed by atoms with Gasteiger partial charge in [0.15, 0.2) is 12.4 Å². The summed E-state index contributed by atoms with van der Waals surface area (Å²) < 4.78 is 10.0. The molecule has 0 saturated heterocycles. The summed E-state index contributed by atoms with van der Waals surface area (Å²) in [4.78, 5) is 33.8. The number of amides is 1. The van der Waals surface area contributed by atoms with E-state index in [0.29, 0.717) is 12.5 Å². The highest BCUT2D eigenvalue weighted by atomic mass is 16.6. The van der Waals surface area contributed by atoms with E-state index >= 15 is 0 Å². The van der Waals surface area contributed by atoms with Crippen LogP contribution in [0.4, 0.5) is 5.69 Å². The molecule has 0 aliphatic heterocycles. The second-order valence-corrected chi connectivity index (χ2v) is 5.48. The fourth-order valence-corrected chi connectivity index (χ4v) is 1.83. The summed E-state index contributed by atoms with van der Waals surface area (Å²) in [5.41, 5.74) is -0.340. The maximum absolute atomic E-state index is 11.9. The lowest BCUT2D eigenvalue weighted by atomic mass is 10.1. The van der Waals surface area contributed by atoms with Gasteiger partial charge in [-0.25, -0.2) is 4.79 Å². The van der Waals surface area contributed by atoms with E-state index in [1.54, 1.807) is 6.92 Å². The van der Waals surface area contributed by atoms with Crippen molar-refractivity contribution in [3.8, 4) is 5.75 Å². The number of rotatable bonds is 9. The normalized spacial score (nSPS) is 10.3. The van der Waals surface area contributed by atoms with Crippen LogP contribution in [0.1, 0.15) is 37.6 Å². The second kappa shape index (κ2) is 9.49. The van der Waals surface area contributed by atoms with E-state index in [2.05, 4.69) is 5.32 Å². The Labute approximate surface area is 140 Å². The molecule has 0 radical (unpaired) electrons. The molecule has 0 spiro atoms. The Morgan fingerprint density at radius 1 is 1.33 bits per heavy atom. The number of nitrogens with one attached hydrogen (secondary N) is 1. The maximum Gasteiger partial charge on any atom is 0.338 e. The van der Waals surface area contributed by atoms with Crippen LogP contribution in [-0.4, -0.2) is 36.6 Å². The van der Waals surface area contributed by atoms with Crippen molar-refractivity contribution in [1.29, 1.82) is 0 Å². The van der Waals surface area contributed by atoms with Crippen LogP contribution >= 0.6 is 0 Å². The minimum atomic E-state index is -0.805. The molecule has 0 heterocycles. The molecule has 0 bridgehead atoms. The molecule has 0 aliphatic carbocycles. The summed E-state index contributed by atoms with van der Waals surface area (Å²) in [6, 6.07) is 3.77. The highest BCUT2D eigenvalue weighted by Crippen LogP contribution is 2.28. The number of carbonyl (C=O) groups is 2. The average molecular weight is 338 g/mol. The highest BCUT2D eigenvalue weighted by Gasteiger charge is 2.19. The first kappa shape index (κ1) is 19.4. The SMILES string of the molecule is CCOc1ccc(C(=O)OCC(=O)NCCC(C)C)cc1[N+](=O)[O-]. The molecule has 0 aliphatic rings. The van der Waals surface area contributed by atoms with Gasteiger partial charge in [-0.3, -0.25) is 14.9 Å². The molecule has 0 fully saturated rings. The van der Waals surface area contributed by atoms with Gasteiger partial charge in [0.25, 0.3) is 5.91 Å². The molecule has 1 aromatic carbocycles. The molecule has 0 aromatic heterocycles. The van der Waals surface area contributed by atoms with E-state index < -0.39 is 23.4 Å². The number of hydrogen-bond donors (Lipinski definition) is 1. The van der Waals surface area contributed by atoms with Gasteiger partial charge >= 0.3 is 11.7 Å². The van der Waals surface area contributed by atoms with Gasteiger partial charge < -0.3 is 14.8 Å². The lowest BCUT2D eigenvalue weighted by Gasteiger charge is -2.09. The molecular formula is C16H22N2O6. The molecule has 24 heavy (non-hydrogen) atoms. The molecular weight excluding hydrogens is 316 g/mol. The quantitative estimate of drug-likeness (QED) is 0.420. The van der Waals surface area contributed by atoms with Gasteiger partial charge in [0.1, 0.15) is 0 Å². The minimum Gasteiger partial charge on any atom is -0.487 e. The smallest absolute Gasteiger partial charge is 0.338 e. The maximum atomic E-state index is 11.9. The van der Waals surface area contributed by atoms with Crippen molar-refractivity contribution in [1.82, 2.24) is 5.32 Å². The lowest BCUT2D eigenvalue weighted by Crippen LogP contribution is -2.30. The molecule has 0 saturated carbocycles. The second-order valence-electron chi connectivity index (χ2n) is 5.48. The van der Waals surface area contributed by atoms with Crippen LogP contribution in [0.25, 0.3) is 0 Å². The Morgan fingerprint density at radius 2 is 2.04 bits per heavy atom. The van der Waals surface area contributed by atoms with E-state index in [0.717, 1.165) is 12.5 Å². The number of esters is 1. The summed E-state index contributed by atoms with van der Waals surface area (Å²) in [5.74, 6) is -0.688. The zero-order valence-electron chi connectivity index (χ0n) is 14.0. The van der Waals surface area contributed by atoms with Crippen LogP contribution in [0.2, 0.25) is 0 Å². The van der Waals surface area contributed by atoms with Gasteiger partial charge in [0.05, 0.1) is 17.1 Å². The Balaban J connectivity index is 2.63. The fraction of sp³-hybridized carbons (Fsp3) is 0.500. The molecule has 8 nitrogen and oxygen atoms in total. The highest BCUT2D eigenvalue weighted by molar-refractivity contribution is 5.92. The third-order valence-electron chi connectivity index (χ3n) is 3.07. The number of benzene rings is 1. The van der Waals surface area contributed by atoms with Gasteiger partial charge in [-0.1, -0.05) is 13.8 Å². The van der Waals surface area contributed by atoms with Gasteiger partial charge in [-0.15, -0.1) is 0 Å². The Bertz CT molecular complexity index is 600. The van der Waals surface area contributed by atoms with Crippen molar-refractivity contribution in [3.63, 3.8) is 0 Å². The van der Waals surface area contributed by atoms with Crippen LogP contribution < -0.4 is 10.1 Å². The number of ether oxygens (including phenoxy) is 2.